The summed E-state index contributed by atoms with van der Waals surface area (Å²) in [6.07, 6.45) is 3.18. The first kappa shape index (κ1) is 15.8. The highest BCUT2D eigenvalue weighted by Crippen LogP contribution is 2.19. The van der Waals surface area contributed by atoms with E-state index in [1.807, 2.05) is 18.5 Å². The maximum atomic E-state index is 12.4. The highest BCUT2D eigenvalue weighted by Gasteiger charge is 2.22. The molecule has 2 N–H and O–H groups in total. The number of furan rings is 1. The molecule has 0 amide bonds. The fraction of sp³-hybridized carbons (Fsp3) is 0.429. The van der Waals surface area contributed by atoms with Crippen LogP contribution < -0.4 is 10.0 Å². The van der Waals surface area contributed by atoms with E-state index in [1.54, 1.807) is 31.3 Å². The van der Waals surface area contributed by atoms with Crippen molar-refractivity contribution in [2.45, 2.75) is 37.9 Å². The zero-order valence-corrected chi connectivity index (χ0v) is 13.3. The van der Waals surface area contributed by atoms with Gasteiger partial charge in [-0.15, -0.1) is 0 Å². The average molecular weight is 311 g/mol. The number of nitrogens with zero attached hydrogens (tertiary/aromatic N) is 1. The molecule has 1 atom stereocenters. The first-order chi connectivity index (χ1) is 9.97. The summed E-state index contributed by atoms with van der Waals surface area (Å²) in [4.78, 5) is 0.271. The maximum Gasteiger partial charge on any atom is 0.242 e. The van der Waals surface area contributed by atoms with Gasteiger partial charge in [0.25, 0.3) is 0 Å². The van der Waals surface area contributed by atoms with Crippen LogP contribution in [0.15, 0.2) is 40.0 Å². The standard InChI is InChI=1S/C14H21N3O3S/c1-4-17-10-13(8-12(17)9-15-3)21(18,19)16-11(2)14-6-5-7-20-14/h5-8,10-11,15-16H,4,9H2,1-3H3. The minimum absolute atomic E-state index is 0.271. The third-order valence-electron chi connectivity index (χ3n) is 3.27. The van der Waals surface area contributed by atoms with Crippen LogP contribution in [0.5, 0.6) is 0 Å². The van der Waals surface area contributed by atoms with Crippen molar-refractivity contribution >= 4 is 10.0 Å². The third-order valence-corrected chi connectivity index (χ3v) is 4.78. The maximum absolute atomic E-state index is 12.4. The summed E-state index contributed by atoms with van der Waals surface area (Å²) >= 11 is 0. The Morgan fingerprint density at radius 3 is 2.76 bits per heavy atom. The van der Waals surface area contributed by atoms with Crippen LogP contribution in [-0.2, 0) is 23.1 Å². The van der Waals surface area contributed by atoms with Crippen LogP contribution in [0.4, 0.5) is 0 Å². The van der Waals surface area contributed by atoms with Gasteiger partial charge in [-0.2, -0.15) is 0 Å². The highest BCUT2D eigenvalue weighted by molar-refractivity contribution is 7.89. The molecular weight excluding hydrogens is 290 g/mol. The Bertz CT molecular complexity index is 674. The van der Waals surface area contributed by atoms with Crippen molar-refractivity contribution in [3.8, 4) is 0 Å². The molecule has 2 heterocycles. The van der Waals surface area contributed by atoms with Gasteiger partial charge >= 0.3 is 0 Å². The fourth-order valence-electron chi connectivity index (χ4n) is 2.19. The van der Waals surface area contributed by atoms with E-state index in [4.69, 9.17) is 4.42 Å². The van der Waals surface area contributed by atoms with Crippen LogP contribution >= 0.6 is 0 Å². The topological polar surface area (TPSA) is 76.3 Å². The molecule has 116 valence electrons. The molecule has 1 unspecified atom stereocenters. The summed E-state index contributed by atoms with van der Waals surface area (Å²) in [5.74, 6) is 0.587. The number of aromatic nitrogens is 1. The zero-order valence-electron chi connectivity index (χ0n) is 12.5. The Kier molecular flexibility index (Phi) is 4.87. The van der Waals surface area contributed by atoms with Crippen molar-refractivity contribution in [2.24, 2.45) is 0 Å². The summed E-state index contributed by atoms with van der Waals surface area (Å²) in [6, 6.07) is 4.76. The largest absolute Gasteiger partial charge is 0.468 e. The molecule has 0 aliphatic carbocycles. The number of rotatable bonds is 7. The van der Waals surface area contributed by atoms with Gasteiger partial charge in [-0.25, -0.2) is 13.1 Å². The molecule has 0 aromatic carbocycles. The van der Waals surface area contributed by atoms with Crippen molar-refractivity contribution in [3.63, 3.8) is 0 Å². The van der Waals surface area contributed by atoms with E-state index in [2.05, 4.69) is 10.0 Å². The van der Waals surface area contributed by atoms with E-state index < -0.39 is 16.1 Å². The molecule has 2 aromatic rings. The number of sulfonamides is 1. The Morgan fingerprint density at radius 2 is 2.19 bits per heavy atom. The van der Waals surface area contributed by atoms with E-state index in [0.717, 1.165) is 12.2 Å². The van der Waals surface area contributed by atoms with Gasteiger partial charge < -0.3 is 14.3 Å². The Hall–Kier alpha value is -1.57. The summed E-state index contributed by atoms with van der Waals surface area (Å²) < 4.78 is 34.6. The van der Waals surface area contributed by atoms with E-state index in [0.29, 0.717) is 12.3 Å². The molecule has 0 saturated heterocycles. The number of hydrogen-bond donors (Lipinski definition) is 2. The van der Waals surface area contributed by atoms with E-state index in [1.165, 1.54) is 6.26 Å². The van der Waals surface area contributed by atoms with Gasteiger partial charge in [-0.3, -0.25) is 0 Å². The molecular formula is C14H21N3O3S. The monoisotopic (exact) mass is 311 g/mol. The summed E-state index contributed by atoms with van der Waals surface area (Å²) in [5, 5.41) is 3.04. The number of nitrogens with one attached hydrogen (secondary N) is 2. The second-order valence-electron chi connectivity index (χ2n) is 4.84. The van der Waals surface area contributed by atoms with E-state index in [9.17, 15) is 8.42 Å². The van der Waals surface area contributed by atoms with Crippen LogP contribution in [0.25, 0.3) is 0 Å². The van der Waals surface area contributed by atoms with Gasteiger partial charge in [0.2, 0.25) is 10.0 Å². The second kappa shape index (κ2) is 6.46. The summed E-state index contributed by atoms with van der Waals surface area (Å²) in [5.41, 5.74) is 0.936. The van der Waals surface area contributed by atoms with Gasteiger partial charge in [0.1, 0.15) is 5.76 Å². The first-order valence-corrected chi connectivity index (χ1v) is 8.35. The van der Waals surface area contributed by atoms with Gasteiger partial charge in [-0.1, -0.05) is 0 Å². The molecule has 0 saturated carbocycles. The lowest BCUT2D eigenvalue weighted by atomic mass is 10.3. The van der Waals surface area contributed by atoms with Crippen LogP contribution in [-0.4, -0.2) is 20.0 Å². The van der Waals surface area contributed by atoms with Gasteiger partial charge in [0.05, 0.1) is 17.2 Å². The molecule has 2 rings (SSSR count). The van der Waals surface area contributed by atoms with E-state index in [-0.39, 0.29) is 4.90 Å². The van der Waals surface area contributed by atoms with Crippen LogP contribution in [0.3, 0.4) is 0 Å². The predicted octanol–water partition coefficient (Wildman–Crippen LogP) is 1.86. The van der Waals surface area contributed by atoms with Gasteiger partial charge in [-0.05, 0) is 39.1 Å². The van der Waals surface area contributed by atoms with Gasteiger partial charge in [0, 0.05) is 25.0 Å². The molecule has 0 spiro atoms. The lowest BCUT2D eigenvalue weighted by Gasteiger charge is -2.10. The summed E-state index contributed by atoms with van der Waals surface area (Å²) in [7, 11) is -1.74. The minimum Gasteiger partial charge on any atom is -0.468 e. The Balaban J connectivity index is 2.23. The molecule has 7 heteroatoms. The molecule has 0 aliphatic rings. The minimum atomic E-state index is -3.57. The van der Waals surface area contributed by atoms with Crippen LogP contribution in [0.1, 0.15) is 31.3 Å². The highest BCUT2D eigenvalue weighted by atomic mass is 32.2. The first-order valence-electron chi connectivity index (χ1n) is 6.87. The summed E-state index contributed by atoms with van der Waals surface area (Å²) in [6.45, 7) is 5.08. The quantitative estimate of drug-likeness (QED) is 0.818. The SMILES string of the molecule is CCn1cc(S(=O)(=O)NC(C)c2ccco2)cc1CNC. The molecule has 6 nitrogen and oxygen atoms in total. The van der Waals surface area contributed by atoms with Crippen LogP contribution in [0, 0.1) is 0 Å². The fourth-order valence-corrected chi connectivity index (χ4v) is 3.47. The van der Waals surface area contributed by atoms with Crippen molar-refractivity contribution in [2.75, 3.05) is 7.05 Å². The van der Waals surface area contributed by atoms with Crippen molar-refractivity contribution < 1.29 is 12.8 Å². The molecule has 21 heavy (non-hydrogen) atoms. The molecule has 0 aliphatic heterocycles. The van der Waals surface area contributed by atoms with Gasteiger partial charge in [0.15, 0.2) is 0 Å². The Labute approximate surface area is 125 Å². The molecule has 2 aromatic heterocycles. The zero-order chi connectivity index (χ0) is 15.5. The lowest BCUT2D eigenvalue weighted by Crippen LogP contribution is -2.26. The molecule has 0 radical (unpaired) electrons. The van der Waals surface area contributed by atoms with E-state index >= 15 is 0 Å². The number of aryl methyl sites for hydroxylation is 1. The van der Waals surface area contributed by atoms with Crippen molar-refractivity contribution in [1.29, 1.82) is 0 Å². The Morgan fingerprint density at radius 1 is 1.43 bits per heavy atom. The lowest BCUT2D eigenvalue weighted by molar-refractivity contribution is 0.459. The molecule has 0 bridgehead atoms. The van der Waals surface area contributed by atoms with Crippen molar-refractivity contribution in [3.05, 3.63) is 42.1 Å². The number of hydrogen-bond acceptors (Lipinski definition) is 4. The predicted molar refractivity (Wildman–Crippen MR) is 80.3 cm³/mol. The molecule has 0 fully saturated rings. The second-order valence-corrected chi connectivity index (χ2v) is 6.56. The third kappa shape index (κ3) is 3.55. The normalized spacial score (nSPS) is 13.5. The van der Waals surface area contributed by atoms with Crippen LogP contribution in [0.2, 0.25) is 0 Å². The van der Waals surface area contributed by atoms with Crippen molar-refractivity contribution in [1.82, 2.24) is 14.6 Å². The average Bonchev–Trinajstić information content (AvgIpc) is 3.08. The smallest absolute Gasteiger partial charge is 0.242 e.